The first-order valence-corrected chi connectivity index (χ1v) is 25.2. The zero-order valence-corrected chi connectivity index (χ0v) is 37.9. The van der Waals surface area contributed by atoms with Crippen molar-refractivity contribution in [1.82, 2.24) is 5.32 Å². The quantitative estimate of drug-likeness (QED) is 0.0425. The summed E-state index contributed by atoms with van der Waals surface area (Å²) in [6.45, 7) is 4.30. The molecule has 0 aromatic carbocycles. The van der Waals surface area contributed by atoms with Crippen LogP contribution in [-0.2, 0) is 4.79 Å². The number of amides is 1. The van der Waals surface area contributed by atoms with Crippen molar-refractivity contribution in [2.75, 3.05) is 6.61 Å². The van der Waals surface area contributed by atoms with Crippen molar-refractivity contribution < 1.29 is 15.0 Å². The lowest BCUT2D eigenvalue weighted by Gasteiger charge is -2.20. The number of carbonyl (C=O) groups is 1. The first-order chi connectivity index (χ1) is 27.7. The molecule has 0 radical (unpaired) electrons. The maximum atomic E-state index is 12.4. The molecule has 0 aromatic heterocycles. The van der Waals surface area contributed by atoms with Gasteiger partial charge in [0.15, 0.2) is 0 Å². The second kappa shape index (κ2) is 48.0. The van der Waals surface area contributed by atoms with Crippen LogP contribution in [0.1, 0.15) is 271 Å². The first kappa shape index (κ1) is 54.6. The number of carbonyl (C=O) groups excluding carboxylic acids is 1. The monoisotopic (exact) mass is 786 g/mol. The molecular formula is C52H99NO3. The lowest BCUT2D eigenvalue weighted by Crippen LogP contribution is -2.45. The van der Waals surface area contributed by atoms with Gasteiger partial charge in [-0.25, -0.2) is 0 Å². The van der Waals surface area contributed by atoms with Gasteiger partial charge in [0.2, 0.25) is 5.91 Å². The van der Waals surface area contributed by atoms with Gasteiger partial charge in [0, 0.05) is 6.42 Å². The number of allylic oxidation sites excluding steroid dienone is 5. The molecule has 0 aliphatic rings. The Morgan fingerprint density at radius 2 is 0.732 bits per heavy atom. The van der Waals surface area contributed by atoms with Gasteiger partial charge in [-0.05, 0) is 51.4 Å². The SMILES string of the molecule is CCCCCC/C=C\C/C=C\CCCCCCCC(=O)NC(CO)C(O)/C=C/CCCCCCCCCCCCCCCCCCCCCCCCCCCC. The largest absolute Gasteiger partial charge is 0.394 e. The van der Waals surface area contributed by atoms with Crippen LogP contribution in [0.2, 0.25) is 0 Å². The van der Waals surface area contributed by atoms with E-state index in [0.717, 1.165) is 44.9 Å². The van der Waals surface area contributed by atoms with Crippen molar-refractivity contribution >= 4 is 5.91 Å². The van der Waals surface area contributed by atoms with Crippen molar-refractivity contribution in [2.45, 2.75) is 283 Å². The van der Waals surface area contributed by atoms with Crippen molar-refractivity contribution in [3.8, 4) is 0 Å². The molecule has 0 heterocycles. The molecule has 0 spiro atoms. The molecule has 0 aliphatic carbocycles. The number of aliphatic hydroxyl groups is 2. The summed E-state index contributed by atoms with van der Waals surface area (Å²) in [7, 11) is 0. The Balaban J connectivity index is 3.50. The molecule has 0 fully saturated rings. The third-order valence-corrected chi connectivity index (χ3v) is 11.6. The highest BCUT2D eigenvalue weighted by atomic mass is 16.3. The van der Waals surface area contributed by atoms with E-state index in [1.165, 1.54) is 205 Å². The number of hydrogen-bond acceptors (Lipinski definition) is 3. The third-order valence-electron chi connectivity index (χ3n) is 11.6. The summed E-state index contributed by atoms with van der Waals surface area (Å²) >= 11 is 0. The van der Waals surface area contributed by atoms with E-state index in [2.05, 4.69) is 43.5 Å². The van der Waals surface area contributed by atoms with E-state index in [-0.39, 0.29) is 12.5 Å². The third kappa shape index (κ3) is 43.7. The second-order valence-electron chi connectivity index (χ2n) is 17.2. The number of aliphatic hydroxyl groups excluding tert-OH is 2. The molecule has 0 saturated heterocycles. The Bertz CT molecular complexity index is 851. The summed E-state index contributed by atoms with van der Waals surface area (Å²) in [5.74, 6) is -0.0757. The molecule has 0 aromatic rings. The molecule has 3 N–H and O–H groups in total. The number of unbranched alkanes of at least 4 members (excludes halogenated alkanes) is 35. The topological polar surface area (TPSA) is 69.6 Å². The molecule has 0 bridgehead atoms. The normalized spacial score (nSPS) is 13.1. The Morgan fingerprint density at radius 3 is 1.09 bits per heavy atom. The van der Waals surface area contributed by atoms with Crippen molar-refractivity contribution in [2.24, 2.45) is 0 Å². The van der Waals surface area contributed by atoms with Gasteiger partial charge in [-0.15, -0.1) is 0 Å². The minimum absolute atomic E-state index is 0.0757. The Morgan fingerprint density at radius 1 is 0.429 bits per heavy atom. The van der Waals surface area contributed by atoms with Gasteiger partial charge in [0.05, 0.1) is 18.8 Å². The van der Waals surface area contributed by atoms with Crippen molar-refractivity contribution in [1.29, 1.82) is 0 Å². The predicted octanol–water partition coefficient (Wildman–Crippen LogP) is 16.1. The maximum Gasteiger partial charge on any atom is 0.220 e. The number of rotatable bonds is 46. The van der Waals surface area contributed by atoms with Crippen LogP contribution in [0.5, 0.6) is 0 Å². The van der Waals surface area contributed by atoms with Crippen LogP contribution in [0, 0.1) is 0 Å². The van der Waals surface area contributed by atoms with Crippen LogP contribution < -0.4 is 5.32 Å². The van der Waals surface area contributed by atoms with Crippen LogP contribution in [0.25, 0.3) is 0 Å². The van der Waals surface area contributed by atoms with Crippen LogP contribution in [-0.4, -0.2) is 34.9 Å². The zero-order valence-electron chi connectivity index (χ0n) is 37.9. The lowest BCUT2D eigenvalue weighted by atomic mass is 10.0. The fourth-order valence-corrected chi connectivity index (χ4v) is 7.74. The lowest BCUT2D eigenvalue weighted by molar-refractivity contribution is -0.123. The smallest absolute Gasteiger partial charge is 0.220 e. The molecule has 4 heteroatoms. The van der Waals surface area contributed by atoms with Crippen molar-refractivity contribution in [3.63, 3.8) is 0 Å². The molecule has 1 amide bonds. The van der Waals surface area contributed by atoms with Gasteiger partial charge in [0.1, 0.15) is 0 Å². The summed E-state index contributed by atoms with van der Waals surface area (Å²) in [4.78, 5) is 12.4. The number of hydrogen-bond donors (Lipinski definition) is 3. The maximum absolute atomic E-state index is 12.4. The predicted molar refractivity (Wildman–Crippen MR) is 248 cm³/mol. The van der Waals surface area contributed by atoms with Gasteiger partial charge < -0.3 is 15.5 Å². The summed E-state index contributed by atoms with van der Waals surface area (Å²) in [6, 6.07) is -0.629. The summed E-state index contributed by atoms with van der Waals surface area (Å²) in [5, 5.41) is 23.1. The Labute approximate surface area is 351 Å². The highest BCUT2D eigenvalue weighted by molar-refractivity contribution is 5.76. The van der Waals surface area contributed by atoms with Gasteiger partial charge in [-0.1, -0.05) is 249 Å². The molecule has 0 saturated carbocycles. The van der Waals surface area contributed by atoms with Gasteiger partial charge in [-0.2, -0.15) is 0 Å². The number of nitrogens with one attached hydrogen (secondary N) is 1. The van der Waals surface area contributed by atoms with E-state index in [9.17, 15) is 15.0 Å². The van der Waals surface area contributed by atoms with E-state index in [1.54, 1.807) is 6.08 Å². The standard InChI is InChI=1S/C52H99NO3/c1-3-5-7-9-11-13-15-17-19-21-22-23-24-25-26-27-28-29-30-31-32-33-35-37-39-41-43-45-47-51(55)50(49-54)53-52(56)48-46-44-42-40-38-36-34-20-18-16-14-12-10-8-6-4-2/h14,16,20,34,45,47,50-51,54-55H,3-13,15,17-19,21-33,35-44,46,48-49H2,1-2H3,(H,53,56)/b16-14-,34-20-,47-45+. The van der Waals surface area contributed by atoms with E-state index in [4.69, 9.17) is 0 Å². The van der Waals surface area contributed by atoms with Crippen LogP contribution in [0.3, 0.4) is 0 Å². The zero-order chi connectivity index (χ0) is 40.7. The molecular weight excluding hydrogens is 687 g/mol. The average molecular weight is 786 g/mol. The summed E-state index contributed by atoms with van der Waals surface area (Å²) in [5.41, 5.74) is 0. The molecule has 0 rings (SSSR count). The van der Waals surface area contributed by atoms with Gasteiger partial charge in [-0.3, -0.25) is 4.79 Å². The Kier molecular flexibility index (Phi) is 46.8. The minimum atomic E-state index is -0.845. The summed E-state index contributed by atoms with van der Waals surface area (Å²) < 4.78 is 0. The van der Waals surface area contributed by atoms with E-state index < -0.39 is 12.1 Å². The van der Waals surface area contributed by atoms with E-state index in [1.807, 2.05) is 6.08 Å². The molecule has 2 atom stereocenters. The van der Waals surface area contributed by atoms with Crippen LogP contribution in [0.15, 0.2) is 36.5 Å². The molecule has 330 valence electrons. The van der Waals surface area contributed by atoms with E-state index in [0.29, 0.717) is 6.42 Å². The molecule has 4 nitrogen and oxygen atoms in total. The minimum Gasteiger partial charge on any atom is -0.394 e. The Hall–Kier alpha value is -1.39. The molecule has 56 heavy (non-hydrogen) atoms. The highest BCUT2D eigenvalue weighted by Gasteiger charge is 2.18. The average Bonchev–Trinajstić information content (AvgIpc) is 3.20. The fourth-order valence-electron chi connectivity index (χ4n) is 7.74. The molecule has 2 unspecified atom stereocenters. The van der Waals surface area contributed by atoms with E-state index >= 15 is 0 Å². The van der Waals surface area contributed by atoms with Crippen LogP contribution in [0.4, 0.5) is 0 Å². The molecule has 0 aliphatic heterocycles. The van der Waals surface area contributed by atoms with Crippen LogP contribution >= 0.6 is 0 Å². The first-order valence-electron chi connectivity index (χ1n) is 25.2. The van der Waals surface area contributed by atoms with Crippen molar-refractivity contribution in [3.05, 3.63) is 36.5 Å². The fraction of sp³-hybridized carbons (Fsp3) is 0.865. The van der Waals surface area contributed by atoms with Gasteiger partial charge >= 0.3 is 0 Å². The van der Waals surface area contributed by atoms with Gasteiger partial charge in [0.25, 0.3) is 0 Å². The summed E-state index contributed by atoms with van der Waals surface area (Å²) in [6.07, 6.45) is 64.3. The highest BCUT2D eigenvalue weighted by Crippen LogP contribution is 2.17. The second-order valence-corrected chi connectivity index (χ2v) is 17.2.